The maximum Gasteiger partial charge on any atom is 0.264 e. The first kappa shape index (κ1) is 24.7. The lowest BCUT2D eigenvalue weighted by molar-refractivity contribution is 0.150. The molecule has 1 fully saturated rings. The molecular weight excluding hydrogens is 508 g/mol. The fourth-order valence-electron chi connectivity index (χ4n) is 4.30. The third-order valence-electron chi connectivity index (χ3n) is 6.37. The van der Waals surface area contributed by atoms with Crippen molar-refractivity contribution in [2.24, 2.45) is 5.41 Å². The van der Waals surface area contributed by atoms with Crippen molar-refractivity contribution in [3.05, 3.63) is 76.2 Å². The van der Waals surface area contributed by atoms with E-state index in [2.05, 4.69) is 53.4 Å². The van der Waals surface area contributed by atoms with Gasteiger partial charge in [-0.05, 0) is 36.0 Å². The highest BCUT2D eigenvalue weighted by Gasteiger charge is 2.33. The Kier molecular flexibility index (Phi) is 6.68. The van der Waals surface area contributed by atoms with E-state index in [0.29, 0.717) is 45.1 Å². The van der Waals surface area contributed by atoms with Crippen molar-refractivity contribution < 1.29 is 10.2 Å². The number of anilines is 2. The molecule has 0 amide bonds. The molecule has 7 nitrogen and oxygen atoms in total. The van der Waals surface area contributed by atoms with Gasteiger partial charge >= 0.3 is 0 Å². The van der Waals surface area contributed by atoms with Gasteiger partial charge in [-0.15, -0.1) is 5.53 Å². The van der Waals surface area contributed by atoms with Crippen molar-refractivity contribution in [2.45, 2.75) is 52.1 Å². The van der Waals surface area contributed by atoms with Crippen molar-refractivity contribution in [3.8, 4) is 6.07 Å². The molecule has 0 radical (unpaired) electrons. The molecule has 0 unspecified atom stereocenters. The molecule has 1 aliphatic heterocycles. The average molecular weight is 539 g/mol. The lowest BCUT2D eigenvalue weighted by atomic mass is 9.96. The highest BCUT2D eigenvalue weighted by atomic mass is 35.5. The molecule has 0 spiro atoms. The fraction of sp³-hybridized carbons (Fsp3) is 0.357. The molecule has 2 aliphatic rings. The van der Waals surface area contributed by atoms with E-state index in [1.165, 1.54) is 24.4 Å². The van der Waals surface area contributed by atoms with E-state index in [1.807, 2.05) is 5.01 Å². The van der Waals surface area contributed by atoms with E-state index in [-0.39, 0.29) is 22.6 Å². The average Bonchev–Trinajstić information content (AvgIpc) is 3.62. The second-order valence-electron chi connectivity index (χ2n) is 10.7. The van der Waals surface area contributed by atoms with Gasteiger partial charge in [0.15, 0.2) is 0 Å². The molecule has 1 atom stereocenters. The Hall–Kier alpha value is -3.61. The van der Waals surface area contributed by atoms with Crippen LogP contribution in [0.15, 0.2) is 54.5 Å². The molecule has 0 saturated heterocycles. The monoisotopic (exact) mass is 538 g/mol. The van der Waals surface area contributed by atoms with Gasteiger partial charge in [0.1, 0.15) is 6.07 Å². The number of alkyl halides is 2. The smallest absolute Gasteiger partial charge is 0.264 e. The highest BCUT2D eigenvalue weighted by molar-refractivity contribution is 6.35. The van der Waals surface area contributed by atoms with Crippen molar-refractivity contribution in [2.75, 3.05) is 17.2 Å². The molecule has 1 saturated carbocycles. The van der Waals surface area contributed by atoms with Gasteiger partial charge in [0.2, 0.25) is 0 Å². The molecule has 1 aliphatic carbocycles. The minimum Gasteiger partial charge on any atom is -0.383 e. The maximum atomic E-state index is 14.1. The van der Waals surface area contributed by atoms with Gasteiger partial charge in [-0.3, -0.25) is 9.99 Å². The molecule has 0 bridgehead atoms. The third-order valence-corrected chi connectivity index (χ3v) is 6.66. The Balaban J connectivity index is 1.64. The van der Waals surface area contributed by atoms with Crippen molar-refractivity contribution >= 4 is 33.9 Å². The lowest BCUT2D eigenvalue weighted by Crippen LogP contribution is -2.38. The zero-order valence-corrected chi connectivity index (χ0v) is 22.1. The molecule has 2 aromatic carbocycles. The number of hydrazine groups is 2. The number of nitriles is 1. The Morgan fingerprint density at radius 3 is 2.66 bits per heavy atom. The van der Waals surface area contributed by atoms with E-state index in [9.17, 15) is 15.4 Å². The van der Waals surface area contributed by atoms with Crippen molar-refractivity contribution in [1.82, 2.24) is 21.0 Å². The number of rotatable bonds is 8. The minimum absolute atomic E-state index is 0.0711. The second kappa shape index (κ2) is 10.3. The van der Waals surface area contributed by atoms with Crippen LogP contribution in [0.5, 0.6) is 0 Å². The summed E-state index contributed by atoms with van der Waals surface area (Å²) in [7, 11) is 0. The summed E-state index contributed by atoms with van der Waals surface area (Å²) in [5.41, 5.74) is 8.01. The van der Waals surface area contributed by atoms with Gasteiger partial charge in [0, 0.05) is 41.6 Å². The lowest BCUT2D eigenvalue weighted by Gasteiger charge is -2.25. The predicted octanol–water partition coefficient (Wildman–Crippen LogP) is 6.64. The number of benzene rings is 2. The molecule has 10 heteroatoms. The number of hydrogen-bond acceptors (Lipinski definition) is 7. The van der Waals surface area contributed by atoms with Gasteiger partial charge < -0.3 is 16.1 Å². The molecule has 38 heavy (non-hydrogen) atoms. The van der Waals surface area contributed by atoms with Crippen LogP contribution >= 0.6 is 11.6 Å². The summed E-state index contributed by atoms with van der Waals surface area (Å²) < 4.78 is 37.9. The van der Waals surface area contributed by atoms with Crippen molar-refractivity contribution in [1.29, 1.82) is 5.26 Å². The molecule has 3 aromatic rings. The topological polar surface area (TPSA) is 88.0 Å². The normalized spacial score (nSPS) is 17.5. The van der Waals surface area contributed by atoms with Crippen LogP contribution in [0.4, 0.5) is 20.2 Å². The van der Waals surface area contributed by atoms with E-state index >= 15 is 0 Å². The highest BCUT2D eigenvalue weighted by Crippen LogP contribution is 2.38. The van der Waals surface area contributed by atoms with Crippen LogP contribution in [0.1, 0.15) is 64.1 Å². The first-order valence-corrected chi connectivity index (χ1v) is 12.8. The summed E-state index contributed by atoms with van der Waals surface area (Å²) in [6.07, 6.45) is 2.45. The number of pyridine rings is 1. The predicted molar refractivity (Wildman–Crippen MR) is 146 cm³/mol. The number of halogens is 3. The molecule has 5 rings (SSSR count). The molecule has 4 N–H and O–H groups in total. The quantitative estimate of drug-likeness (QED) is 0.256. The Morgan fingerprint density at radius 2 is 2.00 bits per heavy atom. The van der Waals surface area contributed by atoms with Crippen LogP contribution in [-0.2, 0) is 0 Å². The standard InChI is InChI=1S/C28H30ClF2N7/c1-28(2,3)15-34-24-16(12-32)13-33-25-21(24)10-17(11-22(25)29)35-26(19-6-4-5-7-20(19)27(30)31)23-14-38(37-36-23)18-8-9-18/h4-7,10-11,13-14,18,26-27,35-37H,8-9,15H2,1-3H3,(H,33,34)/t26-/m1/s1/i26D. The van der Waals surface area contributed by atoms with Crippen molar-refractivity contribution in [3.63, 3.8) is 0 Å². The van der Waals surface area contributed by atoms with Crippen LogP contribution in [0.25, 0.3) is 10.9 Å². The van der Waals surface area contributed by atoms with Crippen LogP contribution in [0.2, 0.25) is 5.02 Å². The molecule has 198 valence electrons. The Bertz CT molecular complexity index is 1480. The van der Waals surface area contributed by atoms with E-state index in [1.54, 1.807) is 24.4 Å². The first-order chi connectivity index (χ1) is 18.5. The van der Waals surface area contributed by atoms with Crippen LogP contribution < -0.4 is 21.6 Å². The van der Waals surface area contributed by atoms with Gasteiger partial charge in [-0.2, -0.15) is 5.26 Å². The zero-order chi connectivity index (χ0) is 27.9. The van der Waals surface area contributed by atoms with Gasteiger partial charge in [0.25, 0.3) is 6.43 Å². The van der Waals surface area contributed by atoms with Gasteiger partial charge in [0.05, 0.1) is 34.9 Å². The van der Waals surface area contributed by atoms with Crippen LogP contribution in [0.3, 0.4) is 0 Å². The summed E-state index contributed by atoms with van der Waals surface area (Å²) in [4.78, 5) is 4.39. The van der Waals surface area contributed by atoms with Gasteiger partial charge in [-0.25, -0.2) is 8.78 Å². The fourth-order valence-corrected chi connectivity index (χ4v) is 4.57. The molecular formula is C28H30ClF2N7. The number of fused-ring (bicyclic) bond motifs is 1. The SMILES string of the molecule is [2H][C@](Nc1cc(Cl)c2ncc(C#N)c(NCC(C)(C)C)c2c1)(C1=CN(C2CC2)NN1)c1ccccc1C(F)F. The first-order valence-electron chi connectivity index (χ1n) is 12.9. The zero-order valence-electron chi connectivity index (χ0n) is 22.4. The molecule has 1 aromatic heterocycles. The third kappa shape index (κ3) is 5.47. The van der Waals surface area contributed by atoms with E-state index in [4.69, 9.17) is 11.6 Å². The van der Waals surface area contributed by atoms with Gasteiger partial charge in [-0.1, -0.05) is 56.6 Å². The van der Waals surface area contributed by atoms with Crippen LogP contribution in [0, 0.1) is 16.7 Å². The number of aromatic nitrogens is 1. The Morgan fingerprint density at radius 1 is 1.26 bits per heavy atom. The second-order valence-corrected chi connectivity index (χ2v) is 11.1. The summed E-state index contributed by atoms with van der Waals surface area (Å²) in [6, 6.07) is 10.0. The number of nitrogens with one attached hydrogen (secondary N) is 4. The summed E-state index contributed by atoms with van der Waals surface area (Å²) in [5, 5.41) is 19.1. The molecule has 2 heterocycles. The van der Waals surface area contributed by atoms with E-state index in [0.717, 1.165) is 12.8 Å². The summed E-state index contributed by atoms with van der Waals surface area (Å²) in [5.74, 6) is 0. The number of hydrogen-bond donors (Lipinski definition) is 4. The minimum atomic E-state index is -2.78. The summed E-state index contributed by atoms with van der Waals surface area (Å²) >= 11 is 6.66. The summed E-state index contributed by atoms with van der Waals surface area (Å²) in [6.45, 7) is 6.81. The van der Waals surface area contributed by atoms with E-state index < -0.39 is 12.4 Å². The largest absolute Gasteiger partial charge is 0.383 e. The van der Waals surface area contributed by atoms with Crippen LogP contribution in [-0.4, -0.2) is 22.6 Å². The maximum absolute atomic E-state index is 14.1. The number of nitrogens with zero attached hydrogens (tertiary/aromatic N) is 3. The Labute approximate surface area is 227 Å².